The molecule has 2 aromatic carbocycles. The lowest BCUT2D eigenvalue weighted by Crippen LogP contribution is -2.43. The lowest BCUT2D eigenvalue weighted by Gasteiger charge is -2.31. The quantitative estimate of drug-likeness (QED) is 0.754. The molecular weight excluding hydrogens is 429 g/mol. The summed E-state index contributed by atoms with van der Waals surface area (Å²) >= 11 is 5.71. The van der Waals surface area contributed by atoms with Crippen molar-refractivity contribution in [1.82, 2.24) is 9.62 Å². The first kappa shape index (κ1) is 22.2. The first-order valence-corrected chi connectivity index (χ1v) is 11.3. The maximum Gasteiger partial charge on any atom is 0.243 e. The molecule has 1 amide bonds. The number of piperidine rings is 1. The predicted molar refractivity (Wildman–Crippen MR) is 111 cm³/mol. The maximum atomic E-state index is 13.3. The van der Waals surface area contributed by atoms with Gasteiger partial charge in [0.05, 0.1) is 27.6 Å². The average Bonchev–Trinajstić information content (AvgIpc) is 2.75. The van der Waals surface area contributed by atoms with E-state index >= 15 is 0 Å². The summed E-state index contributed by atoms with van der Waals surface area (Å²) in [4.78, 5) is 12.6. The van der Waals surface area contributed by atoms with Crippen molar-refractivity contribution in [2.45, 2.75) is 30.7 Å². The second-order valence-electron chi connectivity index (χ2n) is 7.22. The number of nitrogens with one attached hydrogen (secondary N) is 1. The number of nitriles is 1. The summed E-state index contributed by atoms with van der Waals surface area (Å²) in [5.74, 6) is -1.11. The highest BCUT2D eigenvalue weighted by atomic mass is 35.5. The summed E-state index contributed by atoms with van der Waals surface area (Å²) in [7, 11) is -3.80. The third-order valence-electron chi connectivity index (χ3n) is 5.25. The van der Waals surface area contributed by atoms with E-state index in [2.05, 4.69) is 11.4 Å². The molecule has 3 rings (SSSR count). The minimum absolute atomic E-state index is 0.0637. The van der Waals surface area contributed by atoms with E-state index in [-0.39, 0.29) is 40.9 Å². The molecule has 1 heterocycles. The van der Waals surface area contributed by atoms with Crippen LogP contribution in [0.2, 0.25) is 5.02 Å². The van der Waals surface area contributed by atoms with Crippen LogP contribution in [0, 0.1) is 23.1 Å². The smallest absolute Gasteiger partial charge is 0.243 e. The SMILES string of the molecule is CC(NC(=O)C1CCN(S(=O)(=O)c2ccc(F)c(Cl)c2)CC1)c1ccc(C#N)cc1. The van der Waals surface area contributed by atoms with E-state index in [9.17, 15) is 17.6 Å². The summed E-state index contributed by atoms with van der Waals surface area (Å²) in [5, 5.41) is 11.6. The van der Waals surface area contributed by atoms with Gasteiger partial charge in [0.25, 0.3) is 0 Å². The molecule has 1 aliphatic rings. The number of hydrogen-bond acceptors (Lipinski definition) is 4. The third kappa shape index (κ3) is 4.81. The molecule has 1 saturated heterocycles. The van der Waals surface area contributed by atoms with Crippen molar-refractivity contribution in [3.63, 3.8) is 0 Å². The summed E-state index contributed by atoms with van der Waals surface area (Å²) in [5.41, 5.74) is 1.43. The zero-order valence-electron chi connectivity index (χ0n) is 16.3. The molecule has 1 unspecified atom stereocenters. The van der Waals surface area contributed by atoms with E-state index in [0.29, 0.717) is 18.4 Å². The van der Waals surface area contributed by atoms with Crippen LogP contribution in [0.5, 0.6) is 0 Å². The summed E-state index contributed by atoms with van der Waals surface area (Å²) in [6, 6.07) is 12.1. The van der Waals surface area contributed by atoms with Crippen molar-refractivity contribution in [2.75, 3.05) is 13.1 Å². The third-order valence-corrected chi connectivity index (χ3v) is 7.44. The van der Waals surface area contributed by atoms with Gasteiger partial charge in [0, 0.05) is 19.0 Å². The molecule has 1 atom stereocenters. The number of sulfonamides is 1. The summed E-state index contributed by atoms with van der Waals surface area (Å²) in [6.45, 7) is 2.25. The van der Waals surface area contributed by atoms with Crippen LogP contribution in [0.4, 0.5) is 4.39 Å². The lowest BCUT2D eigenvalue weighted by molar-refractivity contribution is -0.126. The molecule has 0 radical (unpaired) electrons. The molecule has 30 heavy (non-hydrogen) atoms. The molecule has 0 saturated carbocycles. The molecular formula is C21H21ClFN3O3S. The highest BCUT2D eigenvalue weighted by Gasteiger charge is 2.32. The van der Waals surface area contributed by atoms with E-state index in [1.54, 1.807) is 24.3 Å². The second-order valence-corrected chi connectivity index (χ2v) is 9.56. The molecule has 2 aromatic rings. The van der Waals surface area contributed by atoms with E-state index in [1.165, 1.54) is 10.4 Å². The first-order chi connectivity index (χ1) is 14.2. The number of hydrogen-bond donors (Lipinski definition) is 1. The molecule has 0 aromatic heterocycles. The predicted octanol–water partition coefficient (Wildman–Crippen LogP) is 3.63. The van der Waals surface area contributed by atoms with Crippen LogP contribution >= 0.6 is 11.6 Å². The fourth-order valence-corrected chi connectivity index (χ4v) is 5.15. The second kappa shape index (κ2) is 9.13. The van der Waals surface area contributed by atoms with E-state index < -0.39 is 15.8 Å². The maximum absolute atomic E-state index is 13.3. The van der Waals surface area contributed by atoms with Crippen LogP contribution in [0.3, 0.4) is 0 Å². The Balaban J connectivity index is 1.59. The Morgan fingerprint density at radius 3 is 2.43 bits per heavy atom. The number of amides is 1. The van der Waals surface area contributed by atoms with Gasteiger partial charge in [0.1, 0.15) is 5.82 Å². The standard InChI is InChI=1S/C21H21ClFN3O3S/c1-14(16-4-2-15(13-24)3-5-16)25-21(27)17-8-10-26(11-9-17)30(28,29)18-6-7-20(23)19(22)12-18/h2-7,12,14,17H,8-11H2,1H3,(H,25,27). The number of benzene rings is 2. The van der Waals surface area contributed by atoms with E-state index in [4.69, 9.17) is 16.9 Å². The highest BCUT2D eigenvalue weighted by molar-refractivity contribution is 7.89. The summed E-state index contributed by atoms with van der Waals surface area (Å²) < 4.78 is 40.2. The topological polar surface area (TPSA) is 90.3 Å². The molecule has 1 aliphatic heterocycles. The molecule has 9 heteroatoms. The van der Waals surface area contributed by atoms with Crippen molar-refractivity contribution in [1.29, 1.82) is 5.26 Å². The van der Waals surface area contributed by atoms with Crippen molar-refractivity contribution >= 4 is 27.5 Å². The van der Waals surface area contributed by atoms with Gasteiger partial charge in [-0.3, -0.25) is 4.79 Å². The molecule has 1 N–H and O–H groups in total. The van der Waals surface area contributed by atoms with Crippen LogP contribution in [-0.4, -0.2) is 31.7 Å². The monoisotopic (exact) mass is 449 g/mol. The van der Waals surface area contributed by atoms with Crippen molar-refractivity contribution < 1.29 is 17.6 Å². The Labute approximate surface area is 180 Å². The van der Waals surface area contributed by atoms with Gasteiger partial charge in [-0.2, -0.15) is 9.57 Å². The van der Waals surface area contributed by atoms with Gasteiger partial charge in [-0.05, 0) is 55.7 Å². The van der Waals surface area contributed by atoms with Crippen LogP contribution < -0.4 is 5.32 Å². The fraction of sp³-hybridized carbons (Fsp3) is 0.333. The number of nitrogens with zero attached hydrogens (tertiary/aromatic N) is 2. The Hall–Kier alpha value is -2.47. The van der Waals surface area contributed by atoms with Crippen molar-refractivity contribution in [3.8, 4) is 6.07 Å². The molecule has 0 spiro atoms. The normalized spacial score (nSPS) is 16.6. The Bertz CT molecular complexity index is 1080. The Morgan fingerprint density at radius 2 is 1.87 bits per heavy atom. The molecule has 0 aliphatic carbocycles. The molecule has 6 nitrogen and oxygen atoms in total. The number of carbonyl (C=O) groups excluding carboxylic acids is 1. The molecule has 0 bridgehead atoms. The minimum atomic E-state index is -3.80. The van der Waals surface area contributed by atoms with Crippen LogP contribution in [-0.2, 0) is 14.8 Å². The highest BCUT2D eigenvalue weighted by Crippen LogP contribution is 2.27. The summed E-state index contributed by atoms with van der Waals surface area (Å²) in [6.07, 6.45) is 0.778. The Morgan fingerprint density at radius 1 is 1.23 bits per heavy atom. The van der Waals surface area contributed by atoms with Gasteiger partial charge in [0.2, 0.25) is 15.9 Å². The van der Waals surface area contributed by atoms with E-state index in [1.807, 2.05) is 6.92 Å². The van der Waals surface area contributed by atoms with Crippen LogP contribution in [0.1, 0.15) is 36.9 Å². The number of carbonyl (C=O) groups is 1. The first-order valence-electron chi connectivity index (χ1n) is 9.48. The molecule has 1 fully saturated rings. The van der Waals surface area contributed by atoms with Gasteiger partial charge in [-0.15, -0.1) is 0 Å². The van der Waals surface area contributed by atoms with Gasteiger partial charge >= 0.3 is 0 Å². The van der Waals surface area contributed by atoms with Crippen molar-refractivity contribution in [3.05, 3.63) is 64.4 Å². The van der Waals surface area contributed by atoms with Gasteiger partial charge < -0.3 is 5.32 Å². The van der Waals surface area contributed by atoms with Crippen molar-refractivity contribution in [2.24, 2.45) is 5.92 Å². The number of halogens is 2. The minimum Gasteiger partial charge on any atom is -0.349 e. The van der Waals surface area contributed by atoms with Crippen LogP contribution in [0.25, 0.3) is 0 Å². The van der Waals surface area contributed by atoms with E-state index in [0.717, 1.165) is 17.7 Å². The zero-order chi connectivity index (χ0) is 21.9. The van der Waals surface area contributed by atoms with Gasteiger partial charge in [-0.1, -0.05) is 23.7 Å². The average molecular weight is 450 g/mol. The van der Waals surface area contributed by atoms with Crippen LogP contribution in [0.15, 0.2) is 47.4 Å². The van der Waals surface area contributed by atoms with Gasteiger partial charge in [0.15, 0.2) is 0 Å². The molecule has 158 valence electrons. The number of rotatable bonds is 5. The fourth-order valence-electron chi connectivity index (χ4n) is 3.41. The van der Waals surface area contributed by atoms with Gasteiger partial charge in [-0.25, -0.2) is 12.8 Å². The largest absolute Gasteiger partial charge is 0.349 e. The zero-order valence-corrected chi connectivity index (χ0v) is 17.9. The Kier molecular flexibility index (Phi) is 6.76. The lowest BCUT2D eigenvalue weighted by atomic mass is 9.96.